The summed E-state index contributed by atoms with van der Waals surface area (Å²) in [6.45, 7) is 7.84. The molecule has 1 spiro atoms. The van der Waals surface area contributed by atoms with Crippen molar-refractivity contribution in [3.63, 3.8) is 0 Å². The van der Waals surface area contributed by atoms with Gasteiger partial charge in [-0.1, -0.05) is 6.92 Å². The summed E-state index contributed by atoms with van der Waals surface area (Å²) < 4.78 is 5.13. The number of carbonyl (C=O) groups is 2. The van der Waals surface area contributed by atoms with Crippen LogP contribution in [0, 0.1) is 17.3 Å². The number of hydrogen-bond acceptors (Lipinski definition) is 4. The molecular weight excluding hydrogens is 292 g/mol. The van der Waals surface area contributed by atoms with Gasteiger partial charge in [-0.3, -0.25) is 9.59 Å². The van der Waals surface area contributed by atoms with Gasteiger partial charge in [0, 0.05) is 12.5 Å². The summed E-state index contributed by atoms with van der Waals surface area (Å²) >= 11 is 0. The van der Waals surface area contributed by atoms with E-state index in [2.05, 4.69) is 10.6 Å². The molecule has 1 saturated heterocycles. The third-order valence-electron chi connectivity index (χ3n) is 4.44. The van der Waals surface area contributed by atoms with Crippen molar-refractivity contribution in [2.45, 2.75) is 46.1 Å². The fourth-order valence-electron chi connectivity index (χ4n) is 3.00. The molecule has 0 aromatic heterocycles. The Kier molecular flexibility index (Phi) is 6.47. The van der Waals surface area contributed by atoms with Gasteiger partial charge in [-0.05, 0) is 51.6 Å². The van der Waals surface area contributed by atoms with Crippen LogP contribution in [0.15, 0.2) is 0 Å². The lowest BCUT2D eigenvalue weighted by atomic mass is 9.92. The second-order valence-electron chi connectivity index (χ2n) is 6.50. The highest BCUT2D eigenvalue weighted by Crippen LogP contribution is 2.58. The molecular formula is C15H27ClN2O3. The maximum atomic E-state index is 12.1. The van der Waals surface area contributed by atoms with Crippen molar-refractivity contribution in [1.82, 2.24) is 10.6 Å². The molecule has 122 valence electrons. The number of rotatable bonds is 5. The quantitative estimate of drug-likeness (QED) is 0.754. The first-order valence-corrected chi connectivity index (χ1v) is 7.63. The fourth-order valence-corrected chi connectivity index (χ4v) is 3.00. The zero-order valence-electron chi connectivity index (χ0n) is 13.1. The van der Waals surface area contributed by atoms with E-state index in [-0.39, 0.29) is 47.6 Å². The Balaban J connectivity index is 0.00000220. The van der Waals surface area contributed by atoms with E-state index >= 15 is 0 Å². The van der Waals surface area contributed by atoms with Crippen molar-refractivity contribution < 1.29 is 14.3 Å². The van der Waals surface area contributed by atoms with Gasteiger partial charge >= 0.3 is 5.97 Å². The minimum Gasteiger partial charge on any atom is -0.463 e. The normalized spacial score (nSPS) is 24.1. The molecule has 1 aliphatic heterocycles. The van der Waals surface area contributed by atoms with E-state index in [0.29, 0.717) is 6.54 Å². The molecule has 1 amide bonds. The van der Waals surface area contributed by atoms with E-state index in [1.807, 2.05) is 13.8 Å². The molecule has 6 heteroatoms. The van der Waals surface area contributed by atoms with Crippen LogP contribution in [-0.2, 0) is 14.3 Å². The van der Waals surface area contributed by atoms with Crippen LogP contribution in [0.25, 0.3) is 0 Å². The second kappa shape index (κ2) is 7.45. The topological polar surface area (TPSA) is 67.4 Å². The van der Waals surface area contributed by atoms with Crippen molar-refractivity contribution >= 4 is 24.3 Å². The molecule has 1 heterocycles. The van der Waals surface area contributed by atoms with E-state index in [9.17, 15) is 9.59 Å². The van der Waals surface area contributed by atoms with Crippen molar-refractivity contribution in [2.24, 2.45) is 17.3 Å². The summed E-state index contributed by atoms with van der Waals surface area (Å²) in [6, 6.07) is 0. The standard InChI is InChI=1S/C15H26N2O3.ClH/c1-10(2)20-14(19)11(3)9-17-13(18)12-8-15(12)4-6-16-7-5-15;/h10-12,16H,4-9H2,1-3H3,(H,17,18);1H. The highest BCUT2D eigenvalue weighted by atomic mass is 35.5. The molecule has 2 unspecified atom stereocenters. The van der Waals surface area contributed by atoms with Gasteiger partial charge in [-0.15, -0.1) is 12.4 Å². The lowest BCUT2D eigenvalue weighted by Gasteiger charge is -2.23. The Morgan fingerprint density at radius 3 is 2.48 bits per heavy atom. The van der Waals surface area contributed by atoms with Gasteiger partial charge in [0.15, 0.2) is 0 Å². The van der Waals surface area contributed by atoms with Crippen LogP contribution in [-0.4, -0.2) is 37.6 Å². The van der Waals surface area contributed by atoms with Crippen LogP contribution in [0.2, 0.25) is 0 Å². The summed E-state index contributed by atoms with van der Waals surface area (Å²) in [5.74, 6) is -0.272. The highest BCUT2D eigenvalue weighted by Gasteiger charge is 2.57. The number of carbonyl (C=O) groups excluding carboxylic acids is 2. The third kappa shape index (κ3) is 4.58. The molecule has 0 radical (unpaired) electrons. The summed E-state index contributed by atoms with van der Waals surface area (Å²) in [5.41, 5.74) is 0.247. The molecule has 0 bridgehead atoms. The van der Waals surface area contributed by atoms with Crippen LogP contribution in [0.1, 0.15) is 40.0 Å². The number of amides is 1. The first-order chi connectivity index (χ1) is 9.44. The number of esters is 1. The Morgan fingerprint density at radius 2 is 1.90 bits per heavy atom. The average molecular weight is 319 g/mol. The molecule has 2 rings (SSSR count). The van der Waals surface area contributed by atoms with E-state index < -0.39 is 0 Å². The Bertz CT molecular complexity index is 381. The first-order valence-electron chi connectivity index (χ1n) is 7.63. The SMILES string of the molecule is CC(C)OC(=O)C(C)CNC(=O)C1CC12CCNCC2.Cl. The van der Waals surface area contributed by atoms with Crippen LogP contribution in [0.3, 0.4) is 0 Å². The summed E-state index contributed by atoms with van der Waals surface area (Å²) in [6.07, 6.45) is 3.08. The van der Waals surface area contributed by atoms with Gasteiger partial charge in [0.2, 0.25) is 5.91 Å². The fraction of sp³-hybridized carbons (Fsp3) is 0.867. The smallest absolute Gasteiger partial charge is 0.310 e. The monoisotopic (exact) mass is 318 g/mol. The maximum absolute atomic E-state index is 12.1. The van der Waals surface area contributed by atoms with Gasteiger partial charge in [0.25, 0.3) is 0 Å². The van der Waals surface area contributed by atoms with Crippen molar-refractivity contribution in [1.29, 1.82) is 0 Å². The number of hydrogen-bond donors (Lipinski definition) is 2. The van der Waals surface area contributed by atoms with Crippen LogP contribution < -0.4 is 10.6 Å². The van der Waals surface area contributed by atoms with Crippen LogP contribution >= 0.6 is 12.4 Å². The van der Waals surface area contributed by atoms with Crippen molar-refractivity contribution in [3.05, 3.63) is 0 Å². The highest BCUT2D eigenvalue weighted by molar-refractivity contribution is 5.85. The summed E-state index contributed by atoms with van der Waals surface area (Å²) in [7, 11) is 0. The predicted octanol–water partition coefficient (Wildman–Crippen LogP) is 1.50. The van der Waals surface area contributed by atoms with Crippen molar-refractivity contribution in [3.8, 4) is 0 Å². The molecule has 1 saturated carbocycles. The van der Waals surface area contributed by atoms with Crippen LogP contribution in [0.4, 0.5) is 0 Å². The molecule has 5 nitrogen and oxygen atoms in total. The van der Waals surface area contributed by atoms with Gasteiger partial charge < -0.3 is 15.4 Å². The first kappa shape index (κ1) is 18.2. The minimum absolute atomic E-state index is 0. The number of ether oxygens (including phenoxy) is 1. The molecule has 2 atom stereocenters. The lowest BCUT2D eigenvalue weighted by molar-refractivity contribution is -0.151. The van der Waals surface area contributed by atoms with E-state index in [4.69, 9.17) is 4.74 Å². The zero-order chi connectivity index (χ0) is 14.8. The van der Waals surface area contributed by atoms with Gasteiger partial charge in [-0.2, -0.15) is 0 Å². The summed E-state index contributed by atoms with van der Waals surface area (Å²) in [5, 5.41) is 6.24. The van der Waals surface area contributed by atoms with Gasteiger partial charge in [0.1, 0.15) is 0 Å². The number of nitrogens with one attached hydrogen (secondary N) is 2. The summed E-state index contributed by atoms with van der Waals surface area (Å²) in [4.78, 5) is 23.8. The molecule has 2 N–H and O–H groups in total. The Hall–Kier alpha value is -0.810. The third-order valence-corrected chi connectivity index (χ3v) is 4.44. The average Bonchev–Trinajstić information content (AvgIpc) is 3.09. The van der Waals surface area contributed by atoms with Gasteiger partial charge in [0.05, 0.1) is 12.0 Å². The molecule has 0 aromatic rings. The van der Waals surface area contributed by atoms with E-state index in [0.717, 1.165) is 32.4 Å². The molecule has 0 aromatic carbocycles. The molecule has 2 aliphatic rings. The van der Waals surface area contributed by atoms with Crippen molar-refractivity contribution in [2.75, 3.05) is 19.6 Å². The Morgan fingerprint density at radius 1 is 1.29 bits per heavy atom. The molecule has 21 heavy (non-hydrogen) atoms. The van der Waals surface area contributed by atoms with Crippen LogP contribution in [0.5, 0.6) is 0 Å². The lowest BCUT2D eigenvalue weighted by Crippen LogP contribution is -2.37. The Labute approximate surface area is 133 Å². The van der Waals surface area contributed by atoms with E-state index in [1.165, 1.54) is 0 Å². The predicted molar refractivity (Wildman–Crippen MR) is 83.3 cm³/mol. The largest absolute Gasteiger partial charge is 0.463 e. The molecule has 1 aliphatic carbocycles. The zero-order valence-corrected chi connectivity index (χ0v) is 13.9. The number of halogens is 1. The van der Waals surface area contributed by atoms with E-state index in [1.54, 1.807) is 6.92 Å². The maximum Gasteiger partial charge on any atom is 0.310 e. The molecule has 2 fully saturated rings. The second-order valence-corrected chi connectivity index (χ2v) is 6.50. The van der Waals surface area contributed by atoms with Gasteiger partial charge in [-0.25, -0.2) is 0 Å². The number of piperidine rings is 1. The minimum atomic E-state index is -0.288.